The first kappa shape index (κ1) is 17.1. The van der Waals surface area contributed by atoms with Crippen molar-refractivity contribution >= 4 is 20.9 Å². The zero-order valence-electron chi connectivity index (χ0n) is 14.6. The summed E-state index contributed by atoms with van der Waals surface area (Å²) in [6, 6.07) is 14.3. The predicted molar refractivity (Wildman–Crippen MR) is 99.8 cm³/mol. The molecule has 1 aromatic carbocycles. The molecule has 3 heterocycles. The molecule has 0 aliphatic carbocycles. The van der Waals surface area contributed by atoms with E-state index in [0.717, 1.165) is 60.4 Å². The number of hydrogen-bond acceptors (Lipinski definition) is 5. The molecule has 0 amide bonds. The SMILES string of the molecule is CS(=O)(=O)NCc1cc2n(n1)CCN(Cc1ccc3ccccc3n1)C2. The molecule has 1 aliphatic rings. The second-order valence-corrected chi connectivity index (χ2v) is 8.48. The lowest BCUT2D eigenvalue weighted by Crippen LogP contribution is -2.33. The van der Waals surface area contributed by atoms with Crippen molar-refractivity contribution in [3.05, 3.63) is 59.5 Å². The average Bonchev–Trinajstić information content (AvgIpc) is 3.02. The van der Waals surface area contributed by atoms with Crippen molar-refractivity contribution < 1.29 is 8.42 Å². The highest BCUT2D eigenvalue weighted by atomic mass is 32.2. The summed E-state index contributed by atoms with van der Waals surface area (Å²) >= 11 is 0. The summed E-state index contributed by atoms with van der Waals surface area (Å²) in [6.45, 7) is 3.47. The van der Waals surface area contributed by atoms with E-state index in [4.69, 9.17) is 4.98 Å². The lowest BCUT2D eigenvalue weighted by atomic mass is 10.2. The van der Waals surface area contributed by atoms with Gasteiger partial charge in [-0.15, -0.1) is 0 Å². The molecule has 26 heavy (non-hydrogen) atoms. The Hall–Kier alpha value is -2.29. The van der Waals surface area contributed by atoms with Crippen molar-refractivity contribution in [1.29, 1.82) is 0 Å². The summed E-state index contributed by atoms with van der Waals surface area (Å²) in [5.74, 6) is 0. The molecule has 2 aromatic heterocycles. The van der Waals surface area contributed by atoms with E-state index in [0.29, 0.717) is 0 Å². The molecule has 3 aromatic rings. The van der Waals surface area contributed by atoms with Gasteiger partial charge in [0.25, 0.3) is 0 Å². The normalized spacial score (nSPS) is 15.3. The number of nitrogens with one attached hydrogen (secondary N) is 1. The first-order chi connectivity index (χ1) is 12.5. The number of rotatable bonds is 5. The first-order valence-corrected chi connectivity index (χ1v) is 10.4. The molecular weight excluding hydrogens is 350 g/mol. The number of benzene rings is 1. The monoisotopic (exact) mass is 371 g/mol. The number of aromatic nitrogens is 3. The molecular formula is C18H21N5O2S. The highest BCUT2D eigenvalue weighted by molar-refractivity contribution is 7.88. The summed E-state index contributed by atoms with van der Waals surface area (Å²) in [5, 5.41) is 5.63. The van der Waals surface area contributed by atoms with Crippen LogP contribution in [0.25, 0.3) is 10.9 Å². The van der Waals surface area contributed by atoms with Crippen LogP contribution >= 0.6 is 0 Å². The summed E-state index contributed by atoms with van der Waals surface area (Å²) < 4.78 is 26.9. The largest absolute Gasteiger partial charge is 0.290 e. The smallest absolute Gasteiger partial charge is 0.209 e. The van der Waals surface area contributed by atoms with Crippen LogP contribution in [0.15, 0.2) is 42.5 Å². The van der Waals surface area contributed by atoms with Gasteiger partial charge in [0, 0.05) is 25.0 Å². The Morgan fingerprint density at radius 3 is 2.81 bits per heavy atom. The van der Waals surface area contributed by atoms with Crippen LogP contribution in [-0.2, 0) is 36.2 Å². The molecule has 0 spiro atoms. The molecule has 0 saturated heterocycles. The Morgan fingerprint density at radius 2 is 1.96 bits per heavy atom. The molecule has 0 radical (unpaired) electrons. The van der Waals surface area contributed by atoms with Gasteiger partial charge in [0.2, 0.25) is 10.0 Å². The Bertz CT molecular complexity index is 1040. The van der Waals surface area contributed by atoms with Crippen LogP contribution in [-0.4, -0.2) is 40.9 Å². The fourth-order valence-electron chi connectivity index (χ4n) is 3.23. The van der Waals surface area contributed by atoms with Crippen molar-refractivity contribution in [2.45, 2.75) is 26.2 Å². The fraction of sp³-hybridized carbons (Fsp3) is 0.333. The van der Waals surface area contributed by atoms with Gasteiger partial charge >= 0.3 is 0 Å². The van der Waals surface area contributed by atoms with Crippen LogP contribution in [0.3, 0.4) is 0 Å². The van der Waals surface area contributed by atoms with Crippen LogP contribution in [0, 0.1) is 0 Å². The lowest BCUT2D eigenvalue weighted by molar-refractivity contribution is 0.203. The molecule has 136 valence electrons. The second kappa shape index (κ2) is 6.79. The third-order valence-corrected chi connectivity index (χ3v) is 5.15. The first-order valence-electron chi connectivity index (χ1n) is 8.53. The maximum atomic E-state index is 11.2. The summed E-state index contributed by atoms with van der Waals surface area (Å²) in [4.78, 5) is 7.08. The van der Waals surface area contributed by atoms with Crippen LogP contribution in [0.2, 0.25) is 0 Å². The number of pyridine rings is 1. The van der Waals surface area contributed by atoms with Crippen LogP contribution in [0.4, 0.5) is 0 Å². The topological polar surface area (TPSA) is 80.1 Å². The molecule has 8 heteroatoms. The number of nitrogens with zero attached hydrogens (tertiary/aromatic N) is 4. The van der Waals surface area contributed by atoms with Gasteiger partial charge in [-0.05, 0) is 18.2 Å². The minimum absolute atomic E-state index is 0.227. The predicted octanol–water partition coefficient (Wildman–Crippen LogP) is 1.50. The van der Waals surface area contributed by atoms with E-state index >= 15 is 0 Å². The molecule has 0 saturated carbocycles. The van der Waals surface area contributed by atoms with Crippen molar-refractivity contribution in [3.63, 3.8) is 0 Å². The van der Waals surface area contributed by atoms with E-state index in [1.165, 1.54) is 0 Å². The van der Waals surface area contributed by atoms with Gasteiger partial charge in [-0.3, -0.25) is 14.6 Å². The Morgan fingerprint density at radius 1 is 1.12 bits per heavy atom. The third kappa shape index (κ3) is 3.92. The maximum Gasteiger partial charge on any atom is 0.209 e. The zero-order valence-corrected chi connectivity index (χ0v) is 15.4. The highest BCUT2D eigenvalue weighted by Gasteiger charge is 2.19. The van der Waals surface area contributed by atoms with Gasteiger partial charge in [-0.25, -0.2) is 13.1 Å². The van der Waals surface area contributed by atoms with Crippen molar-refractivity contribution in [2.75, 3.05) is 12.8 Å². The average molecular weight is 371 g/mol. The van der Waals surface area contributed by atoms with E-state index in [1.807, 2.05) is 28.9 Å². The molecule has 7 nitrogen and oxygen atoms in total. The number of para-hydroxylation sites is 1. The molecule has 1 aliphatic heterocycles. The summed E-state index contributed by atoms with van der Waals surface area (Å²) in [5.41, 5.74) is 3.91. The van der Waals surface area contributed by atoms with E-state index in [2.05, 4.69) is 32.9 Å². The maximum absolute atomic E-state index is 11.2. The molecule has 4 rings (SSSR count). The summed E-state index contributed by atoms with van der Waals surface area (Å²) in [6.07, 6.45) is 1.15. The highest BCUT2D eigenvalue weighted by Crippen LogP contribution is 2.18. The third-order valence-electron chi connectivity index (χ3n) is 4.48. The van der Waals surface area contributed by atoms with Crippen molar-refractivity contribution in [2.24, 2.45) is 0 Å². The Balaban J connectivity index is 1.45. The van der Waals surface area contributed by atoms with Crippen molar-refractivity contribution in [1.82, 2.24) is 24.4 Å². The Labute approximate surface area is 152 Å². The molecule has 0 bridgehead atoms. The van der Waals surface area contributed by atoms with E-state index in [-0.39, 0.29) is 6.54 Å². The number of hydrogen-bond donors (Lipinski definition) is 1. The van der Waals surface area contributed by atoms with E-state index in [9.17, 15) is 8.42 Å². The number of fused-ring (bicyclic) bond motifs is 2. The van der Waals surface area contributed by atoms with Gasteiger partial charge in [0.05, 0.1) is 41.9 Å². The van der Waals surface area contributed by atoms with E-state index < -0.39 is 10.0 Å². The minimum Gasteiger partial charge on any atom is -0.290 e. The lowest BCUT2D eigenvalue weighted by Gasteiger charge is -2.27. The van der Waals surface area contributed by atoms with Crippen molar-refractivity contribution in [3.8, 4) is 0 Å². The van der Waals surface area contributed by atoms with Gasteiger partial charge in [-0.1, -0.05) is 24.3 Å². The molecule has 0 atom stereocenters. The van der Waals surface area contributed by atoms with E-state index in [1.54, 1.807) is 0 Å². The quantitative estimate of drug-likeness (QED) is 0.735. The summed E-state index contributed by atoms with van der Waals surface area (Å²) in [7, 11) is -3.21. The second-order valence-electron chi connectivity index (χ2n) is 6.65. The molecule has 0 unspecified atom stereocenters. The standard InChI is InChI=1S/C18H21N5O2S/c1-26(24,25)19-11-16-10-17-13-22(8-9-23(17)21-16)12-15-7-6-14-4-2-3-5-18(14)20-15/h2-7,10,19H,8-9,11-13H2,1H3. The van der Waals surface area contributed by atoms with Crippen LogP contribution in [0.1, 0.15) is 17.1 Å². The van der Waals surface area contributed by atoms with Gasteiger partial charge in [0.15, 0.2) is 0 Å². The zero-order chi connectivity index (χ0) is 18.1. The van der Waals surface area contributed by atoms with Crippen LogP contribution < -0.4 is 4.72 Å². The van der Waals surface area contributed by atoms with Crippen LogP contribution in [0.5, 0.6) is 0 Å². The van der Waals surface area contributed by atoms with Gasteiger partial charge < -0.3 is 0 Å². The molecule has 0 fully saturated rings. The van der Waals surface area contributed by atoms with Gasteiger partial charge in [-0.2, -0.15) is 5.10 Å². The Kier molecular flexibility index (Phi) is 4.47. The molecule has 1 N–H and O–H groups in total. The fourth-order valence-corrected chi connectivity index (χ4v) is 3.64. The minimum atomic E-state index is -3.21. The number of sulfonamides is 1. The van der Waals surface area contributed by atoms with Gasteiger partial charge in [0.1, 0.15) is 0 Å².